The molecule has 0 aliphatic carbocycles. The van der Waals surface area contributed by atoms with Gasteiger partial charge in [0.1, 0.15) is 11.6 Å². The van der Waals surface area contributed by atoms with Gasteiger partial charge in [0.05, 0.1) is 11.1 Å². The van der Waals surface area contributed by atoms with Crippen LogP contribution < -0.4 is 4.90 Å². The second-order valence-electron chi connectivity index (χ2n) is 6.96. The molecule has 0 spiro atoms. The second kappa shape index (κ2) is 7.19. The van der Waals surface area contributed by atoms with Crippen LogP contribution in [0.5, 0.6) is 5.75 Å². The molecular formula is C22H19F3N2O. The van der Waals surface area contributed by atoms with Gasteiger partial charge in [-0.3, -0.25) is 0 Å². The van der Waals surface area contributed by atoms with Crippen LogP contribution in [-0.2, 0) is 6.18 Å². The first-order valence-electron chi connectivity index (χ1n) is 9.10. The molecule has 3 aromatic rings. The standard InChI is InChI=1S/C22H19F3N2O/c23-22(24,25)18-4-1-15(2-5-18)13-16-9-11-27(12-10-16)21-8-3-17-14-19(28)6-7-20(17)26-21/h1-8,13-14,28H,9-12H2. The predicted molar refractivity (Wildman–Crippen MR) is 104 cm³/mol. The number of piperidine rings is 1. The monoisotopic (exact) mass is 384 g/mol. The van der Waals surface area contributed by atoms with E-state index in [9.17, 15) is 18.3 Å². The van der Waals surface area contributed by atoms with Gasteiger partial charge in [-0.05, 0) is 60.9 Å². The fraction of sp³-hybridized carbons (Fsp3) is 0.227. The first-order valence-corrected chi connectivity index (χ1v) is 9.10. The molecule has 0 unspecified atom stereocenters. The topological polar surface area (TPSA) is 36.4 Å². The molecule has 4 rings (SSSR count). The van der Waals surface area contributed by atoms with Crippen molar-refractivity contribution >= 4 is 22.8 Å². The van der Waals surface area contributed by atoms with Gasteiger partial charge in [-0.15, -0.1) is 0 Å². The van der Waals surface area contributed by atoms with Crippen LogP contribution in [-0.4, -0.2) is 23.2 Å². The van der Waals surface area contributed by atoms with Crippen LogP contribution in [0, 0.1) is 0 Å². The van der Waals surface area contributed by atoms with Crippen molar-refractivity contribution in [2.75, 3.05) is 18.0 Å². The third-order valence-corrected chi connectivity index (χ3v) is 5.00. The van der Waals surface area contributed by atoms with E-state index in [-0.39, 0.29) is 5.75 Å². The number of fused-ring (bicyclic) bond motifs is 1. The number of benzene rings is 2. The summed E-state index contributed by atoms with van der Waals surface area (Å²) < 4.78 is 38.0. The minimum Gasteiger partial charge on any atom is -0.508 e. The van der Waals surface area contributed by atoms with E-state index in [4.69, 9.17) is 0 Å². The Labute approximate surface area is 160 Å². The molecule has 1 aliphatic heterocycles. The van der Waals surface area contributed by atoms with E-state index in [1.165, 1.54) is 17.7 Å². The van der Waals surface area contributed by atoms with Gasteiger partial charge in [-0.25, -0.2) is 4.98 Å². The lowest BCUT2D eigenvalue weighted by Gasteiger charge is -2.29. The lowest BCUT2D eigenvalue weighted by atomic mass is 10.00. The fourth-order valence-electron chi connectivity index (χ4n) is 3.45. The molecule has 2 aromatic carbocycles. The Bertz CT molecular complexity index is 1020. The highest BCUT2D eigenvalue weighted by molar-refractivity contribution is 5.81. The van der Waals surface area contributed by atoms with Crippen molar-refractivity contribution in [1.29, 1.82) is 0 Å². The summed E-state index contributed by atoms with van der Waals surface area (Å²) in [6.07, 6.45) is -0.636. The van der Waals surface area contributed by atoms with Crippen LogP contribution in [0.4, 0.5) is 19.0 Å². The number of aromatic nitrogens is 1. The smallest absolute Gasteiger partial charge is 0.416 e. The molecule has 0 atom stereocenters. The quantitative estimate of drug-likeness (QED) is 0.621. The third kappa shape index (κ3) is 3.96. The Kier molecular flexibility index (Phi) is 4.71. The summed E-state index contributed by atoms with van der Waals surface area (Å²) in [6.45, 7) is 1.62. The van der Waals surface area contributed by atoms with Crippen LogP contribution in [0.3, 0.4) is 0 Å². The number of hydrogen-bond donors (Lipinski definition) is 1. The lowest BCUT2D eigenvalue weighted by molar-refractivity contribution is -0.137. The van der Waals surface area contributed by atoms with Crippen LogP contribution in [0.25, 0.3) is 17.0 Å². The first-order chi connectivity index (χ1) is 13.4. The summed E-state index contributed by atoms with van der Waals surface area (Å²) in [5.74, 6) is 1.12. The molecular weight excluding hydrogens is 365 g/mol. The van der Waals surface area contributed by atoms with Gasteiger partial charge in [-0.1, -0.05) is 23.8 Å². The Morgan fingerprint density at radius 1 is 0.929 bits per heavy atom. The Morgan fingerprint density at radius 2 is 1.64 bits per heavy atom. The first kappa shape index (κ1) is 18.3. The summed E-state index contributed by atoms with van der Waals surface area (Å²) in [5, 5.41) is 10.4. The average Bonchev–Trinajstić information content (AvgIpc) is 2.68. The van der Waals surface area contributed by atoms with Gasteiger partial charge in [0, 0.05) is 18.5 Å². The Hall–Kier alpha value is -3.02. The molecule has 2 heterocycles. The van der Waals surface area contributed by atoms with Crippen molar-refractivity contribution < 1.29 is 18.3 Å². The molecule has 0 radical (unpaired) electrons. The van der Waals surface area contributed by atoms with Gasteiger partial charge in [0.25, 0.3) is 0 Å². The fourth-order valence-corrected chi connectivity index (χ4v) is 3.45. The number of nitrogens with zero attached hydrogens (tertiary/aromatic N) is 2. The maximum absolute atomic E-state index is 12.7. The summed E-state index contributed by atoms with van der Waals surface area (Å²) in [7, 11) is 0. The van der Waals surface area contributed by atoms with Crippen molar-refractivity contribution in [2.45, 2.75) is 19.0 Å². The number of aromatic hydroxyl groups is 1. The van der Waals surface area contributed by atoms with Crippen LogP contribution in [0.2, 0.25) is 0 Å². The minimum absolute atomic E-state index is 0.220. The van der Waals surface area contributed by atoms with Crippen LogP contribution in [0.1, 0.15) is 24.0 Å². The van der Waals surface area contributed by atoms with Crippen molar-refractivity contribution in [3.05, 3.63) is 71.3 Å². The number of alkyl halides is 3. The molecule has 1 fully saturated rings. The number of pyridine rings is 1. The number of hydrogen-bond acceptors (Lipinski definition) is 3. The van der Waals surface area contributed by atoms with Crippen molar-refractivity contribution in [3.8, 4) is 5.75 Å². The van der Waals surface area contributed by atoms with Gasteiger partial charge in [-0.2, -0.15) is 13.2 Å². The van der Waals surface area contributed by atoms with Crippen molar-refractivity contribution in [3.63, 3.8) is 0 Å². The second-order valence-corrected chi connectivity index (χ2v) is 6.96. The molecule has 6 heteroatoms. The largest absolute Gasteiger partial charge is 0.508 e. The summed E-state index contributed by atoms with van der Waals surface area (Å²) in [4.78, 5) is 6.88. The van der Waals surface area contributed by atoms with Gasteiger partial charge < -0.3 is 10.0 Å². The number of phenolic OH excluding ortho intramolecular Hbond substituents is 1. The molecule has 0 saturated carbocycles. The number of halogens is 3. The molecule has 1 saturated heterocycles. The SMILES string of the molecule is Oc1ccc2nc(N3CCC(=Cc4ccc(C(F)(F)F)cc4)CC3)ccc2c1. The normalized spacial score (nSPS) is 15.1. The molecule has 0 bridgehead atoms. The van der Waals surface area contributed by atoms with E-state index >= 15 is 0 Å². The lowest BCUT2D eigenvalue weighted by Crippen LogP contribution is -2.31. The van der Waals surface area contributed by atoms with E-state index in [1.54, 1.807) is 18.2 Å². The Morgan fingerprint density at radius 3 is 2.32 bits per heavy atom. The van der Waals surface area contributed by atoms with E-state index < -0.39 is 11.7 Å². The molecule has 144 valence electrons. The van der Waals surface area contributed by atoms with E-state index in [0.717, 1.165) is 60.3 Å². The predicted octanol–water partition coefficient (Wildman–Crippen LogP) is 5.64. The Balaban J connectivity index is 1.44. The summed E-state index contributed by atoms with van der Waals surface area (Å²) in [5.41, 5.74) is 2.23. The molecule has 1 aliphatic rings. The zero-order valence-electron chi connectivity index (χ0n) is 15.1. The number of rotatable bonds is 2. The highest BCUT2D eigenvalue weighted by Gasteiger charge is 2.29. The molecule has 28 heavy (non-hydrogen) atoms. The van der Waals surface area contributed by atoms with Crippen molar-refractivity contribution in [1.82, 2.24) is 4.98 Å². The van der Waals surface area contributed by atoms with E-state index in [1.807, 2.05) is 18.2 Å². The van der Waals surface area contributed by atoms with Gasteiger partial charge in [0.2, 0.25) is 0 Å². The zero-order valence-corrected chi connectivity index (χ0v) is 15.1. The summed E-state index contributed by atoms with van der Waals surface area (Å²) in [6, 6.07) is 14.3. The van der Waals surface area contributed by atoms with Crippen LogP contribution in [0.15, 0.2) is 60.2 Å². The summed E-state index contributed by atoms with van der Waals surface area (Å²) >= 11 is 0. The zero-order chi connectivity index (χ0) is 19.7. The maximum Gasteiger partial charge on any atom is 0.416 e. The highest BCUT2D eigenvalue weighted by atomic mass is 19.4. The highest BCUT2D eigenvalue weighted by Crippen LogP contribution is 2.30. The number of phenols is 1. The third-order valence-electron chi connectivity index (χ3n) is 5.00. The number of anilines is 1. The van der Waals surface area contributed by atoms with Gasteiger partial charge in [0.15, 0.2) is 0 Å². The van der Waals surface area contributed by atoms with Crippen LogP contribution >= 0.6 is 0 Å². The average molecular weight is 384 g/mol. The molecule has 1 N–H and O–H groups in total. The van der Waals surface area contributed by atoms with E-state index in [2.05, 4.69) is 9.88 Å². The minimum atomic E-state index is -4.30. The molecule has 3 nitrogen and oxygen atoms in total. The maximum atomic E-state index is 12.7. The van der Waals surface area contributed by atoms with Crippen molar-refractivity contribution in [2.24, 2.45) is 0 Å². The molecule has 1 aromatic heterocycles. The van der Waals surface area contributed by atoms with Gasteiger partial charge >= 0.3 is 6.18 Å². The van der Waals surface area contributed by atoms with E-state index in [0.29, 0.717) is 0 Å². The molecule has 0 amide bonds.